The van der Waals surface area contributed by atoms with Crippen molar-refractivity contribution in [2.75, 3.05) is 0 Å². The highest BCUT2D eigenvalue weighted by Crippen LogP contribution is 2.09. The first kappa shape index (κ1) is 10.8. The highest BCUT2D eigenvalue weighted by molar-refractivity contribution is 5.26. The molecule has 1 N–H and O–H groups in total. The Morgan fingerprint density at radius 1 is 1.25 bits per heavy atom. The maximum Gasteiger partial charge on any atom is 0.115 e. The Morgan fingerprint density at radius 3 is 2.17 bits per heavy atom. The predicted molar refractivity (Wildman–Crippen MR) is 53.4 cm³/mol. The van der Waals surface area contributed by atoms with Crippen molar-refractivity contribution in [2.45, 2.75) is 20.3 Å². The summed E-state index contributed by atoms with van der Waals surface area (Å²) in [4.78, 5) is 0. The number of hydrogen-bond acceptors (Lipinski definition) is 1. The predicted octanol–water partition coefficient (Wildman–Crippen LogP) is 3.15. The van der Waals surface area contributed by atoms with Gasteiger partial charge >= 0.3 is 0 Å². The van der Waals surface area contributed by atoms with Gasteiger partial charge < -0.3 is 5.11 Å². The van der Waals surface area contributed by atoms with Crippen LogP contribution in [0.2, 0.25) is 0 Å². The lowest BCUT2D eigenvalue weighted by Gasteiger charge is -1.94. The number of allylic oxidation sites excluding steroid dienone is 1. The second kappa shape index (κ2) is 6.47. The Bertz CT molecular complexity index is 211. The van der Waals surface area contributed by atoms with Crippen LogP contribution in [0.3, 0.4) is 0 Å². The molecule has 0 aliphatic carbocycles. The van der Waals surface area contributed by atoms with E-state index in [1.165, 1.54) is 5.56 Å². The van der Waals surface area contributed by atoms with Gasteiger partial charge in [-0.2, -0.15) is 0 Å². The zero-order valence-corrected chi connectivity index (χ0v) is 7.75. The van der Waals surface area contributed by atoms with Crippen molar-refractivity contribution in [1.29, 1.82) is 0 Å². The molecule has 0 amide bonds. The molecule has 12 heavy (non-hydrogen) atoms. The fraction of sp³-hybridized carbons (Fsp3) is 0.273. The van der Waals surface area contributed by atoms with Crippen LogP contribution in [-0.2, 0) is 6.42 Å². The van der Waals surface area contributed by atoms with Gasteiger partial charge in [0.2, 0.25) is 0 Å². The second-order valence-electron chi connectivity index (χ2n) is 2.16. The zero-order chi connectivity index (χ0) is 9.40. The summed E-state index contributed by atoms with van der Waals surface area (Å²) in [6.45, 7) is 7.62. The molecule has 0 aliphatic rings. The van der Waals surface area contributed by atoms with E-state index in [1.807, 2.05) is 32.1 Å². The summed E-state index contributed by atoms with van der Waals surface area (Å²) in [6.07, 6.45) is 2.70. The fourth-order valence-corrected chi connectivity index (χ4v) is 0.799. The Labute approximate surface area is 74.4 Å². The molecule has 1 nitrogen and oxygen atoms in total. The Hall–Kier alpha value is -1.24. The molecule has 0 atom stereocenters. The summed E-state index contributed by atoms with van der Waals surface area (Å²) < 4.78 is 0. The molecule has 66 valence electrons. The van der Waals surface area contributed by atoms with Crippen LogP contribution in [0.25, 0.3) is 0 Å². The molecule has 0 bridgehead atoms. The molecule has 0 spiro atoms. The zero-order valence-electron chi connectivity index (χ0n) is 7.75. The Balaban J connectivity index is 0.000000561. The maximum absolute atomic E-state index is 8.90. The van der Waals surface area contributed by atoms with Crippen molar-refractivity contribution in [1.82, 2.24) is 0 Å². The minimum atomic E-state index is 0.313. The Morgan fingerprint density at radius 2 is 1.75 bits per heavy atom. The summed E-state index contributed by atoms with van der Waals surface area (Å²) in [5.74, 6) is 0.313. The summed E-state index contributed by atoms with van der Waals surface area (Å²) in [5.41, 5.74) is 1.17. The van der Waals surface area contributed by atoms with Crippen LogP contribution in [0.5, 0.6) is 5.75 Å². The average Bonchev–Trinajstić information content (AvgIpc) is 2.13. The summed E-state index contributed by atoms with van der Waals surface area (Å²) >= 11 is 0. The van der Waals surface area contributed by atoms with E-state index in [1.54, 1.807) is 12.1 Å². The van der Waals surface area contributed by atoms with Crippen LogP contribution < -0.4 is 0 Å². The molecule has 0 heterocycles. The smallest absolute Gasteiger partial charge is 0.115 e. The van der Waals surface area contributed by atoms with Gasteiger partial charge in [0.1, 0.15) is 5.75 Å². The third kappa shape index (κ3) is 3.81. The molecular weight excluding hydrogens is 148 g/mol. The topological polar surface area (TPSA) is 20.2 Å². The number of phenols is 1. The van der Waals surface area contributed by atoms with E-state index in [2.05, 4.69) is 6.58 Å². The monoisotopic (exact) mass is 164 g/mol. The van der Waals surface area contributed by atoms with Crippen LogP contribution in [0.4, 0.5) is 0 Å². The first-order valence-corrected chi connectivity index (χ1v) is 4.22. The van der Waals surface area contributed by atoms with Gasteiger partial charge in [-0.3, -0.25) is 0 Å². The molecule has 1 rings (SSSR count). The van der Waals surface area contributed by atoms with Gasteiger partial charge in [-0.05, 0) is 24.1 Å². The molecule has 1 heteroatoms. The van der Waals surface area contributed by atoms with Crippen LogP contribution >= 0.6 is 0 Å². The van der Waals surface area contributed by atoms with E-state index in [0.29, 0.717) is 5.75 Å². The van der Waals surface area contributed by atoms with Crippen molar-refractivity contribution in [3.63, 3.8) is 0 Å². The van der Waals surface area contributed by atoms with E-state index < -0.39 is 0 Å². The number of phenolic OH excluding ortho intramolecular Hbond substituents is 1. The Kier molecular flexibility index (Phi) is 5.80. The molecular formula is C11H16O. The lowest BCUT2D eigenvalue weighted by Crippen LogP contribution is -1.77. The van der Waals surface area contributed by atoms with Crippen LogP contribution in [0.1, 0.15) is 19.4 Å². The van der Waals surface area contributed by atoms with E-state index >= 15 is 0 Å². The van der Waals surface area contributed by atoms with Crippen LogP contribution in [0, 0.1) is 0 Å². The van der Waals surface area contributed by atoms with E-state index in [0.717, 1.165) is 6.42 Å². The summed E-state index contributed by atoms with van der Waals surface area (Å²) in [6, 6.07) is 7.13. The van der Waals surface area contributed by atoms with Gasteiger partial charge in [-0.15, -0.1) is 6.58 Å². The minimum absolute atomic E-state index is 0.313. The van der Waals surface area contributed by atoms with Gasteiger partial charge in [0.05, 0.1) is 0 Å². The second-order valence-corrected chi connectivity index (χ2v) is 2.16. The first-order valence-electron chi connectivity index (χ1n) is 4.22. The van der Waals surface area contributed by atoms with Gasteiger partial charge in [0.25, 0.3) is 0 Å². The molecule has 1 aromatic rings. The number of aromatic hydroxyl groups is 1. The third-order valence-corrected chi connectivity index (χ3v) is 1.32. The lowest BCUT2D eigenvalue weighted by atomic mass is 10.1. The van der Waals surface area contributed by atoms with Gasteiger partial charge in [-0.1, -0.05) is 32.1 Å². The number of rotatable bonds is 2. The SMILES string of the molecule is C=CCc1ccc(O)cc1.CC. The maximum atomic E-state index is 8.90. The molecule has 0 fully saturated rings. The standard InChI is InChI=1S/C9H10O.C2H6/c1-2-3-8-4-6-9(10)7-5-8;1-2/h2,4-7,10H,1,3H2;1-2H3. The van der Waals surface area contributed by atoms with Crippen molar-refractivity contribution < 1.29 is 5.11 Å². The van der Waals surface area contributed by atoms with E-state index in [9.17, 15) is 0 Å². The normalized spacial score (nSPS) is 8.17. The largest absolute Gasteiger partial charge is 0.508 e. The molecule has 0 unspecified atom stereocenters. The number of benzene rings is 1. The average molecular weight is 164 g/mol. The quantitative estimate of drug-likeness (QED) is 0.666. The molecule has 1 aromatic carbocycles. The van der Waals surface area contributed by atoms with Crippen molar-refractivity contribution in [3.8, 4) is 5.75 Å². The van der Waals surface area contributed by atoms with E-state index in [-0.39, 0.29) is 0 Å². The molecule has 0 saturated heterocycles. The van der Waals surface area contributed by atoms with Gasteiger partial charge in [0, 0.05) is 0 Å². The van der Waals surface area contributed by atoms with Crippen molar-refractivity contribution in [3.05, 3.63) is 42.5 Å². The van der Waals surface area contributed by atoms with Crippen molar-refractivity contribution in [2.24, 2.45) is 0 Å². The van der Waals surface area contributed by atoms with Crippen LogP contribution in [0.15, 0.2) is 36.9 Å². The minimum Gasteiger partial charge on any atom is -0.508 e. The molecule has 0 saturated carbocycles. The molecule has 0 aliphatic heterocycles. The third-order valence-electron chi connectivity index (χ3n) is 1.32. The van der Waals surface area contributed by atoms with Gasteiger partial charge in [0.15, 0.2) is 0 Å². The highest BCUT2D eigenvalue weighted by atomic mass is 16.3. The molecule has 0 aromatic heterocycles. The van der Waals surface area contributed by atoms with Crippen LogP contribution in [-0.4, -0.2) is 5.11 Å². The first-order chi connectivity index (χ1) is 5.83. The van der Waals surface area contributed by atoms with Gasteiger partial charge in [-0.25, -0.2) is 0 Å². The fourth-order valence-electron chi connectivity index (χ4n) is 0.799. The summed E-state index contributed by atoms with van der Waals surface area (Å²) in [7, 11) is 0. The van der Waals surface area contributed by atoms with Crippen molar-refractivity contribution >= 4 is 0 Å². The lowest BCUT2D eigenvalue weighted by molar-refractivity contribution is 0.475. The summed E-state index contributed by atoms with van der Waals surface area (Å²) in [5, 5.41) is 8.90. The van der Waals surface area contributed by atoms with E-state index in [4.69, 9.17) is 5.11 Å². The highest BCUT2D eigenvalue weighted by Gasteiger charge is 1.87. The number of hydrogen-bond donors (Lipinski definition) is 1. The molecule has 0 radical (unpaired) electrons.